The smallest absolute Gasteiger partial charge is 0.309 e. The summed E-state index contributed by atoms with van der Waals surface area (Å²) < 4.78 is 0.628. The molecule has 1 aromatic carbocycles. The van der Waals surface area contributed by atoms with Gasteiger partial charge in [0.2, 0.25) is 0 Å². The van der Waals surface area contributed by atoms with E-state index in [9.17, 15) is 20.0 Å². The monoisotopic (exact) mass is 355 g/mol. The van der Waals surface area contributed by atoms with Crippen LogP contribution in [0.2, 0.25) is 0 Å². The van der Waals surface area contributed by atoms with Crippen LogP contribution in [0.4, 0.5) is 5.69 Å². The Labute approximate surface area is 131 Å². The van der Waals surface area contributed by atoms with Gasteiger partial charge in [0.1, 0.15) is 0 Å². The Balaban J connectivity index is 2.37. The van der Waals surface area contributed by atoms with Crippen molar-refractivity contribution in [3.05, 3.63) is 38.3 Å². The maximum Gasteiger partial charge on any atom is 0.309 e. The van der Waals surface area contributed by atoms with Crippen LogP contribution in [0.3, 0.4) is 0 Å². The molecule has 21 heavy (non-hydrogen) atoms. The first-order chi connectivity index (χ1) is 9.94. The molecule has 1 fully saturated rings. The number of aliphatic carboxylic acids is 1. The Morgan fingerprint density at radius 3 is 2.43 bits per heavy atom. The van der Waals surface area contributed by atoms with Crippen LogP contribution in [0, 0.1) is 15.5 Å². The molecule has 1 aromatic rings. The van der Waals surface area contributed by atoms with E-state index in [2.05, 4.69) is 15.9 Å². The SMILES string of the molecule is O=C(O)C1(Cc2ccc(Br)cc2[N+](=O)[O-])CCCCCC1. The van der Waals surface area contributed by atoms with Gasteiger partial charge in [-0.25, -0.2) is 0 Å². The second-order valence-corrected chi connectivity index (χ2v) is 6.62. The van der Waals surface area contributed by atoms with Gasteiger partial charge in [-0.1, -0.05) is 47.7 Å². The topological polar surface area (TPSA) is 80.4 Å². The van der Waals surface area contributed by atoms with Crippen molar-refractivity contribution < 1.29 is 14.8 Å². The van der Waals surface area contributed by atoms with Crippen LogP contribution in [0.1, 0.15) is 44.1 Å². The highest BCUT2D eigenvalue weighted by molar-refractivity contribution is 9.10. The average Bonchev–Trinajstić information content (AvgIpc) is 2.67. The lowest BCUT2D eigenvalue weighted by atomic mass is 9.75. The van der Waals surface area contributed by atoms with Gasteiger partial charge in [0.25, 0.3) is 5.69 Å². The number of benzene rings is 1. The predicted octanol–water partition coefficient (Wildman–Crippen LogP) is 4.33. The van der Waals surface area contributed by atoms with Crippen molar-refractivity contribution in [2.45, 2.75) is 44.9 Å². The summed E-state index contributed by atoms with van der Waals surface area (Å²) in [5.41, 5.74) is -0.364. The van der Waals surface area contributed by atoms with Crippen LogP contribution in [-0.2, 0) is 11.2 Å². The van der Waals surface area contributed by atoms with Crippen LogP contribution in [0.25, 0.3) is 0 Å². The molecule has 0 aromatic heterocycles. The van der Waals surface area contributed by atoms with E-state index in [0.717, 1.165) is 25.7 Å². The normalized spacial score (nSPS) is 18.0. The van der Waals surface area contributed by atoms with Gasteiger partial charge < -0.3 is 5.11 Å². The molecule has 0 saturated heterocycles. The minimum absolute atomic E-state index is 0.00533. The van der Waals surface area contributed by atoms with E-state index < -0.39 is 16.3 Å². The van der Waals surface area contributed by atoms with Gasteiger partial charge in [0.05, 0.1) is 10.3 Å². The number of nitro benzene ring substituents is 1. The molecule has 2 rings (SSSR count). The standard InChI is InChI=1S/C15H18BrNO4/c16-12-6-5-11(13(9-12)17(20)21)10-15(14(18)19)7-3-1-2-4-8-15/h5-6,9H,1-4,7-8,10H2,(H,18,19). The molecule has 1 aliphatic carbocycles. The van der Waals surface area contributed by atoms with E-state index in [1.165, 1.54) is 6.07 Å². The molecule has 5 nitrogen and oxygen atoms in total. The lowest BCUT2D eigenvalue weighted by Crippen LogP contribution is -2.33. The number of rotatable bonds is 4. The van der Waals surface area contributed by atoms with Crippen LogP contribution in [-0.4, -0.2) is 16.0 Å². The Hall–Kier alpha value is -1.43. The highest BCUT2D eigenvalue weighted by Gasteiger charge is 2.40. The van der Waals surface area contributed by atoms with E-state index in [1.54, 1.807) is 12.1 Å². The van der Waals surface area contributed by atoms with Crippen LogP contribution in [0.15, 0.2) is 22.7 Å². The number of hydrogen-bond acceptors (Lipinski definition) is 3. The number of carboxylic acids is 1. The second-order valence-electron chi connectivity index (χ2n) is 5.71. The zero-order valence-electron chi connectivity index (χ0n) is 11.7. The van der Waals surface area contributed by atoms with Gasteiger partial charge in [-0.2, -0.15) is 0 Å². The van der Waals surface area contributed by atoms with Crippen molar-refractivity contribution >= 4 is 27.6 Å². The first-order valence-corrected chi connectivity index (χ1v) is 7.90. The molecular weight excluding hydrogens is 338 g/mol. The van der Waals surface area contributed by atoms with E-state index >= 15 is 0 Å². The van der Waals surface area contributed by atoms with E-state index in [-0.39, 0.29) is 12.1 Å². The van der Waals surface area contributed by atoms with Gasteiger partial charge in [-0.3, -0.25) is 14.9 Å². The third-order valence-corrected chi connectivity index (χ3v) is 4.78. The number of carboxylic acid groups (broad SMARTS) is 1. The molecule has 0 radical (unpaired) electrons. The highest BCUT2D eigenvalue weighted by Crippen LogP contribution is 2.40. The lowest BCUT2D eigenvalue weighted by molar-refractivity contribution is -0.385. The number of hydrogen-bond donors (Lipinski definition) is 1. The predicted molar refractivity (Wildman–Crippen MR) is 82.3 cm³/mol. The average molecular weight is 356 g/mol. The minimum atomic E-state index is -0.866. The molecule has 0 spiro atoms. The van der Waals surface area contributed by atoms with Crippen LogP contribution >= 0.6 is 15.9 Å². The summed E-state index contributed by atoms with van der Waals surface area (Å²) in [5.74, 6) is -0.832. The fourth-order valence-electron chi connectivity index (χ4n) is 3.09. The molecule has 0 aliphatic heterocycles. The Morgan fingerprint density at radius 2 is 1.90 bits per heavy atom. The third-order valence-electron chi connectivity index (χ3n) is 4.29. The van der Waals surface area contributed by atoms with E-state index in [4.69, 9.17) is 0 Å². The fraction of sp³-hybridized carbons (Fsp3) is 0.533. The van der Waals surface area contributed by atoms with Crippen molar-refractivity contribution in [1.29, 1.82) is 0 Å². The zero-order valence-corrected chi connectivity index (χ0v) is 13.3. The molecular formula is C15H18BrNO4. The Kier molecular flexibility index (Phi) is 4.98. The first-order valence-electron chi connectivity index (χ1n) is 7.11. The number of nitrogens with zero attached hydrogens (tertiary/aromatic N) is 1. The minimum Gasteiger partial charge on any atom is -0.481 e. The largest absolute Gasteiger partial charge is 0.481 e. The summed E-state index contributed by atoms with van der Waals surface area (Å²) in [6, 6.07) is 4.84. The summed E-state index contributed by atoms with van der Waals surface area (Å²) >= 11 is 3.22. The molecule has 0 unspecified atom stereocenters. The maximum absolute atomic E-state index is 11.8. The molecule has 0 amide bonds. The molecule has 1 aliphatic rings. The quantitative estimate of drug-likeness (QED) is 0.495. The van der Waals surface area contributed by atoms with Crippen molar-refractivity contribution in [1.82, 2.24) is 0 Å². The molecule has 0 atom stereocenters. The van der Waals surface area contributed by atoms with Gasteiger partial charge in [-0.15, -0.1) is 0 Å². The summed E-state index contributed by atoms with van der Waals surface area (Å²) in [5, 5.41) is 20.9. The summed E-state index contributed by atoms with van der Waals surface area (Å²) in [6.07, 6.45) is 5.24. The summed E-state index contributed by atoms with van der Waals surface area (Å²) in [6.45, 7) is 0. The van der Waals surface area contributed by atoms with Crippen molar-refractivity contribution in [3.8, 4) is 0 Å². The fourth-order valence-corrected chi connectivity index (χ4v) is 3.44. The molecule has 114 valence electrons. The second kappa shape index (κ2) is 6.56. The van der Waals surface area contributed by atoms with Gasteiger partial charge in [-0.05, 0) is 25.3 Å². The van der Waals surface area contributed by atoms with Crippen molar-refractivity contribution in [2.75, 3.05) is 0 Å². The van der Waals surface area contributed by atoms with Gasteiger partial charge in [0.15, 0.2) is 0 Å². The highest BCUT2D eigenvalue weighted by atomic mass is 79.9. The van der Waals surface area contributed by atoms with E-state index in [0.29, 0.717) is 22.9 Å². The van der Waals surface area contributed by atoms with E-state index in [1.807, 2.05) is 0 Å². The number of nitro groups is 1. The van der Waals surface area contributed by atoms with Crippen molar-refractivity contribution in [2.24, 2.45) is 5.41 Å². The third kappa shape index (κ3) is 3.61. The maximum atomic E-state index is 11.8. The molecule has 6 heteroatoms. The lowest BCUT2D eigenvalue weighted by Gasteiger charge is -2.28. The molecule has 1 N–H and O–H groups in total. The first kappa shape index (κ1) is 15.9. The number of carbonyl (C=O) groups is 1. The molecule has 1 saturated carbocycles. The number of halogens is 1. The molecule has 0 bridgehead atoms. The summed E-state index contributed by atoms with van der Waals surface area (Å²) in [4.78, 5) is 22.6. The van der Waals surface area contributed by atoms with Gasteiger partial charge in [0, 0.05) is 16.1 Å². The Bertz CT molecular complexity index is 551. The zero-order chi connectivity index (χ0) is 15.5. The van der Waals surface area contributed by atoms with Crippen LogP contribution in [0.5, 0.6) is 0 Å². The molecule has 0 heterocycles. The van der Waals surface area contributed by atoms with Crippen molar-refractivity contribution in [3.63, 3.8) is 0 Å². The van der Waals surface area contributed by atoms with Crippen LogP contribution < -0.4 is 0 Å². The van der Waals surface area contributed by atoms with Gasteiger partial charge >= 0.3 is 5.97 Å². The Morgan fingerprint density at radius 1 is 1.29 bits per heavy atom. The summed E-state index contributed by atoms with van der Waals surface area (Å²) in [7, 11) is 0.